The molecular weight excluding hydrogens is 700 g/mol. The number of esters is 1. The minimum Gasteiger partial charge on any atom is -0.508 e. The number of ether oxygens (including phenoxy) is 2. The molecule has 2 aliphatic heterocycles. The number of carbonyl (C=O) groups is 1. The molecule has 5 heterocycles. The third-order valence-corrected chi connectivity index (χ3v) is 12.1. The summed E-state index contributed by atoms with van der Waals surface area (Å²) in [5.41, 5.74) is 16.9. The number of fused-ring (bicyclic) bond motifs is 5. The summed E-state index contributed by atoms with van der Waals surface area (Å²) in [5.74, 6) is -0.837. The molecule has 0 spiro atoms. The second kappa shape index (κ2) is 13.8. The van der Waals surface area contributed by atoms with Crippen molar-refractivity contribution in [3.8, 4) is 17.2 Å². The van der Waals surface area contributed by atoms with Crippen LogP contribution >= 0.6 is 0 Å². The van der Waals surface area contributed by atoms with E-state index in [1.807, 2.05) is 25.1 Å². The van der Waals surface area contributed by atoms with Crippen LogP contribution in [0.5, 0.6) is 17.2 Å². The number of nitrogens with two attached hydrogens (primary N) is 2. The summed E-state index contributed by atoms with van der Waals surface area (Å²) >= 11 is 0. The fraction of sp³-hybridized carbons (Fsp3) is 0.349. The molecule has 1 aliphatic carbocycles. The number of hydrogen-bond donors (Lipinski definition) is 5. The number of allylic oxidation sites excluding steroid dienone is 1. The summed E-state index contributed by atoms with van der Waals surface area (Å²) in [6.45, 7) is 4.82. The Labute approximate surface area is 317 Å². The molecule has 3 aromatic heterocycles. The van der Waals surface area contributed by atoms with Crippen molar-refractivity contribution in [1.29, 1.82) is 0 Å². The van der Waals surface area contributed by atoms with Crippen LogP contribution in [0.4, 0.5) is 11.6 Å². The number of aryl methyl sites for hydroxylation is 1. The van der Waals surface area contributed by atoms with Crippen molar-refractivity contribution in [3.63, 3.8) is 0 Å². The Bertz CT molecular complexity index is 2440. The average Bonchev–Trinajstić information content (AvgIpc) is 3.22. The van der Waals surface area contributed by atoms with Gasteiger partial charge in [0.2, 0.25) is 0 Å². The van der Waals surface area contributed by atoms with Crippen molar-refractivity contribution in [3.05, 3.63) is 121 Å². The molecule has 0 saturated heterocycles. The van der Waals surface area contributed by atoms with Gasteiger partial charge in [-0.05, 0) is 105 Å². The number of hydrogen-bond acceptors (Lipinski definition) is 12. The zero-order chi connectivity index (χ0) is 38.8. The van der Waals surface area contributed by atoms with Gasteiger partial charge in [-0.15, -0.1) is 0 Å². The van der Waals surface area contributed by atoms with Gasteiger partial charge in [-0.1, -0.05) is 18.2 Å². The van der Waals surface area contributed by atoms with Crippen LogP contribution in [-0.2, 0) is 41.8 Å². The highest BCUT2D eigenvalue weighted by molar-refractivity contribution is 5.92. The van der Waals surface area contributed by atoms with E-state index in [1.165, 1.54) is 6.07 Å². The van der Waals surface area contributed by atoms with Gasteiger partial charge >= 0.3 is 5.97 Å². The van der Waals surface area contributed by atoms with Crippen molar-refractivity contribution in [1.82, 2.24) is 9.97 Å². The summed E-state index contributed by atoms with van der Waals surface area (Å²) in [6.07, 6.45) is 6.84. The molecule has 3 aliphatic rings. The molecule has 4 bridgehead atoms. The fourth-order valence-electron chi connectivity index (χ4n) is 9.00. The molecule has 8 rings (SSSR count). The third-order valence-electron chi connectivity index (χ3n) is 12.1. The van der Waals surface area contributed by atoms with Gasteiger partial charge in [0.15, 0.2) is 5.43 Å². The molecule has 0 radical (unpaired) electrons. The first-order valence-electron chi connectivity index (χ1n) is 18.6. The van der Waals surface area contributed by atoms with Crippen molar-refractivity contribution in [2.75, 3.05) is 11.5 Å². The van der Waals surface area contributed by atoms with E-state index in [0.29, 0.717) is 66.2 Å². The number of rotatable bonds is 5. The first kappa shape index (κ1) is 36.1. The molecule has 12 nitrogen and oxygen atoms in total. The third kappa shape index (κ3) is 6.14. The van der Waals surface area contributed by atoms with Gasteiger partial charge in [0, 0.05) is 59.0 Å². The SMILES string of the molecule is CC=C(C)C(=O)OC1Cc2c3c(c4oc(CO)cc(=O)c4c2O)C2Cc4cc(O)ccc4CCC(CC(Cc4ccc(N)nc4)C1(C)O3)c1c2ccnc1N. The largest absolute Gasteiger partial charge is 0.508 e. The van der Waals surface area contributed by atoms with Gasteiger partial charge in [-0.3, -0.25) is 4.79 Å². The molecule has 0 saturated carbocycles. The summed E-state index contributed by atoms with van der Waals surface area (Å²) < 4.78 is 20.1. The van der Waals surface area contributed by atoms with E-state index in [-0.39, 0.29) is 46.5 Å². The summed E-state index contributed by atoms with van der Waals surface area (Å²) in [4.78, 5) is 36.6. The van der Waals surface area contributed by atoms with E-state index in [9.17, 15) is 24.9 Å². The second-order valence-electron chi connectivity index (χ2n) is 15.2. The molecule has 7 N–H and O–H groups in total. The Morgan fingerprint density at radius 1 is 1.07 bits per heavy atom. The van der Waals surface area contributed by atoms with E-state index in [0.717, 1.165) is 27.8 Å². The molecule has 5 aromatic rings. The topological polar surface area (TPSA) is 204 Å². The highest BCUT2D eigenvalue weighted by atomic mass is 16.6. The standard InChI is InChI=1S/C43H44N4O8/c1-4-21(2)42(52)54-33-18-31-38(51)37-32(50)17-28(20-48)53-40(37)36-30-16-25-15-27(49)9-8-23(25)6-7-24(35-29(30)11-12-46-41(35)45)14-26(43(33,3)55-39(31)36)13-22-5-10-34(44)47-19-22/h4-5,8-12,15,17,19,24,26,30,33,48-49,51H,6-7,13-14,16,18,20H2,1-3H3,(H2,44,47)(H2,45,46). The molecule has 0 fully saturated rings. The van der Waals surface area contributed by atoms with Crippen LogP contribution in [0.1, 0.15) is 90.2 Å². The number of benzene rings is 2. The predicted octanol–water partition coefficient (Wildman–Crippen LogP) is 5.89. The number of aromatic nitrogens is 2. The lowest BCUT2D eigenvalue weighted by atomic mass is 9.68. The lowest BCUT2D eigenvalue weighted by Gasteiger charge is -2.49. The van der Waals surface area contributed by atoms with E-state index >= 15 is 0 Å². The van der Waals surface area contributed by atoms with Gasteiger partial charge in [0.05, 0.1) is 0 Å². The normalized spacial score (nSPS) is 23.1. The molecule has 284 valence electrons. The van der Waals surface area contributed by atoms with Crippen LogP contribution in [0, 0.1) is 5.92 Å². The van der Waals surface area contributed by atoms with Crippen molar-refractivity contribution < 1.29 is 34.0 Å². The van der Waals surface area contributed by atoms with Crippen LogP contribution < -0.4 is 21.6 Å². The van der Waals surface area contributed by atoms with Crippen LogP contribution in [0.15, 0.2) is 75.7 Å². The maximum atomic E-state index is 13.9. The van der Waals surface area contributed by atoms with Gasteiger partial charge in [0.1, 0.15) is 63.9 Å². The number of anilines is 2. The van der Waals surface area contributed by atoms with E-state index < -0.39 is 35.6 Å². The van der Waals surface area contributed by atoms with Gasteiger partial charge in [-0.25, -0.2) is 14.8 Å². The lowest BCUT2D eigenvalue weighted by molar-refractivity contribution is -0.165. The van der Waals surface area contributed by atoms with E-state index in [4.69, 9.17) is 25.4 Å². The quantitative estimate of drug-likeness (QED) is 0.106. The highest BCUT2D eigenvalue weighted by Gasteiger charge is 2.53. The summed E-state index contributed by atoms with van der Waals surface area (Å²) in [5, 5.41) is 33.1. The molecular formula is C43H44N4O8. The number of phenolic OH excluding ortho intramolecular Hbond substituents is 2. The molecule has 12 heteroatoms. The number of phenols is 2. The minimum atomic E-state index is -1.22. The smallest absolute Gasteiger partial charge is 0.333 e. The second-order valence-corrected chi connectivity index (χ2v) is 15.2. The number of aliphatic hydroxyl groups is 1. The number of carbonyl (C=O) groups excluding carboxylic acids is 1. The number of nitrogens with zero attached hydrogens (tertiary/aromatic N) is 2. The molecule has 5 atom stereocenters. The predicted molar refractivity (Wildman–Crippen MR) is 206 cm³/mol. The maximum Gasteiger partial charge on any atom is 0.333 e. The monoisotopic (exact) mass is 744 g/mol. The van der Waals surface area contributed by atoms with Gasteiger partial charge in [0.25, 0.3) is 0 Å². The van der Waals surface area contributed by atoms with Crippen molar-refractivity contribution >= 4 is 28.6 Å². The van der Waals surface area contributed by atoms with E-state index in [2.05, 4.69) is 9.97 Å². The van der Waals surface area contributed by atoms with Crippen LogP contribution in [0.3, 0.4) is 0 Å². The van der Waals surface area contributed by atoms with Crippen molar-refractivity contribution in [2.45, 2.75) is 89.4 Å². The number of aliphatic hydroxyl groups excluding tert-OH is 1. The Balaban J connectivity index is 1.50. The van der Waals surface area contributed by atoms with Gasteiger partial charge < -0.3 is 40.7 Å². The zero-order valence-corrected chi connectivity index (χ0v) is 31.0. The maximum absolute atomic E-state index is 13.9. The molecule has 0 amide bonds. The molecule has 55 heavy (non-hydrogen) atoms. The first-order chi connectivity index (χ1) is 26.4. The van der Waals surface area contributed by atoms with Crippen LogP contribution in [0.2, 0.25) is 0 Å². The molecule has 5 unspecified atom stereocenters. The molecule has 2 aromatic carbocycles. The lowest BCUT2D eigenvalue weighted by Crippen LogP contribution is -2.57. The Hall–Kier alpha value is -5.88. The fourth-order valence-corrected chi connectivity index (χ4v) is 9.00. The highest BCUT2D eigenvalue weighted by Crippen LogP contribution is 2.56. The number of pyridine rings is 2. The van der Waals surface area contributed by atoms with Crippen LogP contribution in [0.25, 0.3) is 11.0 Å². The first-order valence-corrected chi connectivity index (χ1v) is 18.6. The number of nitrogen functional groups attached to an aromatic ring is 2. The van der Waals surface area contributed by atoms with Gasteiger partial charge in [-0.2, -0.15) is 0 Å². The Morgan fingerprint density at radius 3 is 2.64 bits per heavy atom. The Morgan fingerprint density at radius 2 is 1.89 bits per heavy atom. The summed E-state index contributed by atoms with van der Waals surface area (Å²) in [7, 11) is 0. The van der Waals surface area contributed by atoms with Crippen molar-refractivity contribution in [2.24, 2.45) is 5.92 Å². The Kier molecular flexibility index (Phi) is 9.03. The summed E-state index contributed by atoms with van der Waals surface area (Å²) in [6, 6.07) is 12.2. The minimum absolute atomic E-state index is 0.0135. The van der Waals surface area contributed by atoms with Crippen LogP contribution in [-0.4, -0.2) is 43.0 Å². The zero-order valence-electron chi connectivity index (χ0n) is 31.0. The van der Waals surface area contributed by atoms with E-state index in [1.54, 1.807) is 50.5 Å². The number of aromatic hydroxyl groups is 2. The average molecular weight is 745 g/mol.